The molecule has 22 heavy (non-hydrogen) atoms. The van der Waals surface area contributed by atoms with Gasteiger partial charge in [-0.2, -0.15) is 5.26 Å². The Morgan fingerprint density at radius 3 is 2.50 bits per heavy atom. The summed E-state index contributed by atoms with van der Waals surface area (Å²) < 4.78 is 5.11. The molecule has 1 amide bonds. The Bertz CT molecular complexity index is 598. The summed E-state index contributed by atoms with van der Waals surface area (Å²) in [7, 11) is 0. The number of ether oxygens (including phenoxy) is 1. The number of carbonyl (C=O) groups excluding carboxylic acids is 2. The van der Waals surface area contributed by atoms with E-state index in [4.69, 9.17) is 10.00 Å². The minimum atomic E-state index is -0.541. The molecule has 0 heterocycles. The molecule has 0 atom stereocenters. The molecule has 1 aromatic rings. The van der Waals surface area contributed by atoms with Gasteiger partial charge >= 0.3 is 6.09 Å². The van der Waals surface area contributed by atoms with Gasteiger partial charge in [-0.3, -0.25) is 4.79 Å². The Kier molecular flexibility index (Phi) is 5.93. The molecule has 0 fully saturated rings. The van der Waals surface area contributed by atoms with Gasteiger partial charge in [0.1, 0.15) is 5.60 Å². The maximum atomic E-state index is 11.6. The van der Waals surface area contributed by atoms with Crippen LogP contribution in [0.15, 0.2) is 18.2 Å². The Morgan fingerprint density at radius 1 is 1.27 bits per heavy atom. The smallest absolute Gasteiger partial charge is 0.407 e. The van der Waals surface area contributed by atoms with Crippen LogP contribution in [-0.4, -0.2) is 30.6 Å². The van der Waals surface area contributed by atoms with E-state index in [1.165, 1.54) is 6.92 Å². The van der Waals surface area contributed by atoms with Crippen molar-refractivity contribution in [3.63, 3.8) is 0 Å². The van der Waals surface area contributed by atoms with Crippen molar-refractivity contribution in [1.29, 1.82) is 5.26 Å². The number of rotatable bonds is 5. The highest BCUT2D eigenvalue weighted by molar-refractivity contribution is 5.99. The van der Waals surface area contributed by atoms with Crippen molar-refractivity contribution in [3.8, 4) is 6.07 Å². The lowest BCUT2D eigenvalue weighted by molar-refractivity contribution is 0.0530. The van der Waals surface area contributed by atoms with Gasteiger partial charge in [0.25, 0.3) is 0 Å². The summed E-state index contributed by atoms with van der Waals surface area (Å²) in [6.45, 7) is 7.58. The van der Waals surface area contributed by atoms with E-state index in [-0.39, 0.29) is 5.78 Å². The standard InChI is InChI=1S/C16H21N3O3/c1-11(20)13-6-5-12(10-17)9-14(13)18-7-8-19-15(21)22-16(2,3)4/h5-6,9,18H,7-8H2,1-4H3,(H,19,21). The molecule has 0 aliphatic rings. The molecule has 0 aliphatic carbocycles. The number of alkyl carbamates (subject to hydrolysis) is 1. The lowest BCUT2D eigenvalue weighted by Crippen LogP contribution is -2.35. The first kappa shape index (κ1) is 17.5. The van der Waals surface area contributed by atoms with Crippen molar-refractivity contribution in [2.24, 2.45) is 0 Å². The SMILES string of the molecule is CC(=O)c1ccc(C#N)cc1NCCNC(=O)OC(C)(C)C. The third kappa shape index (κ3) is 5.83. The summed E-state index contributed by atoms with van der Waals surface area (Å²) in [5, 5.41) is 14.6. The van der Waals surface area contributed by atoms with Crippen LogP contribution < -0.4 is 10.6 Å². The van der Waals surface area contributed by atoms with Gasteiger partial charge in [-0.25, -0.2) is 4.79 Å². The molecule has 0 unspecified atom stereocenters. The number of hydrogen-bond acceptors (Lipinski definition) is 5. The number of anilines is 1. The lowest BCUT2D eigenvalue weighted by atomic mass is 10.1. The normalized spacial score (nSPS) is 10.5. The third-order valence-electron chi connectivity index (χ3n) is 2.64. The van der Waals surface area contributed by atoms with Gasteiger partial charge in [-0.1, -0.05) is 0 Å². The average Bonchev–Trinajstić information content (AvgIpc) is 2.41. The van der Waals surface area contributed by atoms with Gasteiger partial charge in [-0.15, -0.1) is 0 Å². The van der Waals surface area contributed by atoms with Crippen molar-refractivity contribution in [1.82, 2.24) is 5.32 Å². The Labute approximate surface area is 130 Å². The average molecular weight is 303 g/mol. The van der Waals surface area contributed by atoms with Crippen LogP contribution in [0, 0.1) is 11.3 Å². The van der Waals surface area contributed by atoms with E-state index < -0.39 is 11.7 Å². The summed E-state index contributed by atoms with van der Waals surface area (Å²) in [6, 6.07) is 6.86. The van der Waals surface area contributed by atoms with Gasteiger partial charge in [0.05, 0.1) is 11.6 Å². The monoisotopic (exact) mass is 303 g/mol. The first-order valence-electron chi connectivity index (χ1n) is 6.99. The first-order chi connectivity index (χ1) is 10.2. The van der Waals surface area contributed by atoms with E-state index >= 15 is 0 Å². The highest BCUT2D eigenvalue weighted by Crippen LogP contribution is 2.18. The second-order valence-electron chi connectivity index (χ2n) is 5.78. The van der Waals surface area contributed by atoms with Crippen LogP contribution in [0.4, 0.5) is 10.5 Å². The molecule has 0 aliphatic heterocycles. The third-order valence-corrected chi connectivity index (χ3v) is 2.64. The maximum Gasteiger partial charge on any atom is 0.407 e. The second kappa shape index (κ2) is 7.46. The molecule has 6 nitrogen and oxygen atoms in total. The number of hydrogen-bond donors (Lipinski definition) is 2. The van der Waals surface area contributed by atoms with Crippen LogP contribution >= 0.6 is 0 Å². The summed E-state index contributed by atoms with van der Waals surface area (Å²) in [6.07, 6.45) is -0.494. The number of ketones is 1. The molecule has 118 valence electrons. The number of benzene rings is 1. The molecular formula is C16H21N3O3. The summed E-state index contributed by atoms with van der Waals surface area (Å²) in [5.41, 5.74) is 1.02. The van der Waals surface area contributed by atoms with Gasteiger partial charge in [0.15, 0.2) is 5.78 Å². The fraction of sp³-hybridized carbons (Fsp3) is 0.438. The first-order valence-corrected chi connectivity index (χ1v) is 6.99. The van der Waals surface area contributed by atoms with Crippen LogP contribution in [0.25, 0.3) is 0 Å². The van der Waals surface area contributed by atoms with E-state index in [0.717, 1.165) is 0 Å². The summed E-state index contributed by atoms with van der Waals surface area (Å²) in [5.74, 6) is -0.0907. The molecule has 2 N–H and O–H groups in total. The van der Waals surface area contributed by atoms with E-state index in [1.54, 1.807) is 39.0 Å². The van der Waals surface area contributed by atoms with Crippen molar-refractivity contribution < 1.29 is 14.3 Å². The van der Waals surface area contributed by atoms with Crippen molar-refractivity contribution in [2.45, 2.75) is 33.3 Å². The van der Waals surface area contributed by atoms with E-state index in [1.807, 2.05) is 6.07 Å². The van der Waals surface area contributed by atoms with Crippen LogP contribution in [-0.2, 0) is 4.74 Å². The molecule has 0 spiro atoms. The highest BCUT2D eigenvalue weighted by Gasteiger charge is 2.15. The number of nitriles is 1. The maximum absolute atomic E-state index is 11.6. The van der Waals surface area contributed by atoms with Gasteiger partial charge in [-0.05, 0) is 45.9 Å². The lowest BCUT2D eigenvalue weighted by Gasteiger charge is -2.19. The van der Waals surface area contributed by atoms with Crippen LogP contribution in [0.1, 0.15) is 43.6 Å². The number of nitrogens with zero attached hydrogens (tertiary/aromatic N) is 1. The van der Waals surface area contributed by atoms with Crippen molar-refractivity contribution in [2.75, 3.05) is 18.4 Å². The van der Waals surface area contributed by atoms with Crippen molar-refractivity contribution in [3.05, 3.63) is 29.3 Å². The van der Waals surface area contributed by atoms with Crippen molar-refractivity contribution >= 4 is 17.6 Å². The molecular weight excluding hydrogens is 282 g/mol. The molecule has 0 saturated heterocycles. The van der Waals surface area contributed by atoms with E-state index in [9.17, 15) is 9.59 Å². The number of carbonyl (C=O) groups is 2. The van der Waals surface area contributed by atoms with Gasteiger partial charge in [0, 0.05) is 24.3 Å². The van der Waals surface area contributed by atoms with E-state index in [0.29, 0.717) is 29.9 Å². The molecule has 0 aromatic heterocycles. The van der Waals surface area contributed by atoms with Gasteiger partial charge < -0.3 is 15.4 Å². The fourth-order valence-electron chi connectivity index (χ4n) is 1.74. The molecule has 1 aromatic carbocycles. The topological polar surface area (TPSA) is 91.2 Å². The number of nitrogens with one attached hydrogen (secondary N) is 2. The molecule has 0 saturated carbocycles. The molecule has 0 radical (unpaired) electrons. The molecule has 0 bridgehead atoms. The van der Waals surface area contributed by atoms with Crippen LogP contribution in [0.2, 0.25) is 0 Å². The number of amides is 1. The largest absolute Gasteiger partial charge is 0.444 e. The quantitative estimate of drug-likeness (QED) is 0.644. The Morgan fingerprint density at radius 2 is 1.95 bits per heavy atom. The molecule has 1 rings (SSSR count). The second-order valence-corrected chi connectivity index (χ2v) is 5.78. The molecule has 6 heteroatoms. The Balaban J connectivity index is 2.56. The number of Topliss-reactive ketones (excluding diaryl/α,β-unsaturated/α-hetero) is 1. The Hall–Kier alpha value is -2.55. The zero-order valence-corrected chi connectivity index (χ0v) is 13.3. The fourth-order valence-corrected chi connectivity index (χ4v) is 1.74. The van der Waals surface area contributed by atoms with Gasteiger partial charge in [0.2, 0.25) is 0 Å². The summed E-state index contributed by atoms with van der Waals surface area (Å²) >= 11 is 0. The van der Waals surface area contributed by atoms with Crippen LogP contribution in [0.5, 0.6) is 0 Å². The predicted molar refractivity (Wildman–Crippen MR) is 83.9 cm³/mol. The zero-order chi connectivity index (χ0) is 16.8. The predicted octanol–water partition coefficient (Wildman–Crippen LogP) is 2.70. The van der Waals surface area contributed by atoms with Crippen LogP contribution in [0.3, 0.4) is 0 Å². The minimum Gasteiger partial charge on any atom is -0.444 e. The highest BCUT2D eigenvalue weighted by atomic mass is 16.6. The zero-order valence-electron chi connectivity index (χ0n) is 13.3. The minimum absolute atomic E-state index is 0.0907. The summed E-state index contributed by atoms with van der Waals surface area (Å²) in [4.78, 5) is 23.0. The van der Waals surface area contributed by atoms with E-state index in [2.05, 4.69) is 10.6 Å².